The van der Waals surface area contributed by atoms with Crippen molar-refractivity contribution in [3.05, 3.63) is 53.9 Å². The molecule has 0 radical (unpaired) electrons. The third-order valence-corrected chi connectivity index (χ3v) is 4.26. The second kappa shape index (κ2) is 9.09. The molecular weight excluding hydrogens is 374 g/mol. The van der Waals surface area contributed by atoms with Gasteiger partial charge in [-0.2, -0.15) is 4.98 Å². The van der Waals surface area contributed by atoms with Gasteiger partial charge in [0, 0.05) is 12.6 Å². The summed E-state index contributed by atoms with van der Waals surface area (Å²) in [5.74, 6) is 2.35. The van der Waals surface area contributed by atoms with Crippen LogP contribution < -0.4 is 14.2 Å². The highest BCUT2D eigenvalue weighted by atomic mass is 16.5. The zero-order valence-corrected chi connectivity index (χ0v) is 16.8. The van der Waals surface area contributed by atoms with Crippen molar-refractivity contribution in [1.29, 1.82) is 0 Å². The van der Waals surface area contributed by atoms with E-state index < -0.39 is 0 Å². The molecule has 0 saturated heterocycles. The number of ether oxygens (including phenoxy) is 3. The molecule has 2 aromatic carbocycles. The minimum Gasteiger partial charge on any atom is -0.493 e. The average Bonchev–Trinajstić information content (AvgIpc) is 3.19. The molecule has 0 atom stereocenters. The highest BCUT2D eigenvalue weighted by Gasteiger charge is 2.16. The van der Waals surface area contributed by atoms with E-state index in [1.807, 2.05) is 31.2 Å². The average molecular weight is 397 g/mol. The quantitative estimate of drug-likeness (QED) is 0.577. The number of hydrogen-bond donors (Lipinski definition) is 0. The summed E-state index contributed by atoms with van der Waals surface area (Å²) in [6, 6.07) is 12.9. The maximum atomic E-state index is 12.3. The maximum Gasteiger partial charge on any atom is 0.260 e. The normalized spacial score (nSPS) is 10.5. The second-order valence-corrected chi connectivity index (χ2v) is 6.44. The van der Waals surface area contributed by atoms with Gasteiger partial charge in [-0.05, 0) is 42.8 Å². The summed E-state index contributed by atoms with van der Waals surface area (Å²) in [4.78, 5) is 18.1. The van der Waals surface area contributed by atoms with Crippen LogP contribution in [0.15, 0.2) is 47.0 Å². The molecule has 0 aliphatic heterocycles. The van der Waals surface area contributed by atoms with Crippen LogP contribution in [0.25, 0.3) is 11.4 Å². The Morgan fingerprint density at radius 1 is 1.10 bits per heavy atom. The first-order valence-electron chi connectivity index (χ1n) is 8.98. The summed E-state index contributed by atoms with van der Waals surface area (Å²) in [6.45, 7) is 2.07. The highest BCUT2D eigenvalue weighted by molar-refractivity contribution is 5.77. The molecule has 0 aliphatic carbocycles. The minimum atomic E-state index is -0.197. The van der Waals surface area contributed by atoms with Gasteiger partial charge < -0.3 is 23.6 Å². The fourth-order valence-corrected chi connectivity index (χ4v) is 2.66. The minimum absolute atomic E-state index is 0.0728. The second-order valence-electron chi connectivity index (χ2n) is 6.44. The van der Waals surface area contributed by atoms with Gasteiger partial charge in [-0.15, -0.1) is 0 Å². The Hall–Kier alpha value is -3.55. The van der Waals surface area contributed by atoms with Crippen LogP contribution in [0.1, 0.15) is 11.5 Å². The van der Waals surface area contributed by atoms with Crippen molar-refractivity contribution in [1.82, 2.24) is 15.0 Å². The van der Waals surface area contributed by atoms with E-state index in [1.165, 1.54) is 4.90 Å². The van der Waals surface area contributed by atoms with Crippen molar-refractivity contribution in [3.63, 3.8) is 0 Å². The van der Waals surface area contributed by atoms with Gasteiger partial charge in [0.25, 0.3) is 5.91 Å². The number of nitrogens with zero attached hydrogens (tertiary/aromatic N) is 3. The smallest absolute Gasteiger partial charge is 0.260 e. The first kappa shape index (κ1) is 20.2. The fourth-order valence-electron chi connectivity index (χ4n) is 2.66. The Balaban J connectivity index is 1.61. The lowest BCUT2D eigenvalue weighted by Gasteiger charge is -2.15. The molecule has 1 heterocycles. The molecule has 29 heavy (non-hydrogen) atoms. The van der Waals surface area contributed by atoms with Crippen LogP contribution in [0.4, 0.5) is 0 Å². The molecule has 0 spiro atoms. The van der Waals surface area contributed by atoms with E-state index in [-0.39, 0.29) is 19.1 Å². The molecule has 0 unspecified atom stereocenters. The molecule has 8 heteroatoms. The molecule has 3 aromatic rings. The summed E-state index contributed by atoms with van der Waals surface area (Å²) in [5.41, 5.74) is 1.78. The predicted molar refractivity (Wildman–Crippen MR) is 106 cm³/mol. The fraction of sp³-hybridized carbons (Fsp3) is 0.286. The van der Waals surface area contributed by atoms with Gasteiger partial charge in [0.15, 0.2) is 18.1 Å². The number of rotatable bonds is 8. The van der Waals surface area contributed by atoms with Gasteiger partial charge in [0.2, 0.25) is 11.7 Å². The van der Waals surface area contributed by atoms with Crippen LogP contribution in [-0.2, 0) is 11.3 Å². The van der Waals surface area contributed by atoms with Gasteiger partial charge in [0.05, 0.1) is 20.8 Å². The lowest BCUT2D eigenvalue weighted by molar-refractivity contribution is -0.132. The molecule has 152 valence electrons. The molecule has 0 bridgehead atoms. The van der Waals surface area contributed by atoms with E-state index in [9.17, 15) is 4.79 Å². The van der Waals surface area contributed by atoms with Crippen molar-refractivity contribution in [2.75, 3.05) is 27.9 Å². The number of amides is 1. The first-order valence-corrected chi connectivity index (χ1v) is 8.98. The van der Waals surface area contributed by atoms with E-state index >= 15 is 0 Å². The highest BCUT2D eigenvalue weighted by Crippen LogP contribution is 2.31. The molecular formula is C21H23N3O5. The summed E-state index contributed by atoms with van der Waals surface area (Å²) in [7, 11) is 4.78. The van der Waals surface area contributed by atoms with E-state index in [1.54, 1.807) is 39.5 Å². The Morgan fingerprint density at radius 3 is 2.62 bits per heavy atom. The molecule has 0 aliphatic rings. The number of methoxy groups -OCH3 is 2. The topological polar surface area (TPSA) is 86.9 Å². The van der Waals surface area contributed by atoms with Crippen molar-refractivity contribution in [2.24, 2.45) is 0 Å². The number of hydrogen-bond acceptors (Lipinski definition) is 7. The summed E-state index contributed by atoms with van der Waals surface area (Å²) < 4.78 is 21.3. The van der Waals surface area contributed by atoms with Crippen molar-refractivity contribution >= 4 is 5.91 Å². The van der Waals surface area contributed by atoms with Gasteiger partial charge in [-0.1, -0.05) is 17.3 Å². The van der Waals surface area contributed by atoms with Gasteiger partial charge in [-0.3, -0.25) is 4.79 Å². The van der Waals surface area contributed by atoms with E-state index in [0.29, 0.717) is 29.0 Å². The number of aryl methyl sites for hydroxylation is 1. The van der Waals surface area contributed by atoms with Crippen LogP contribution >= 0.6 is 0 Å². The SMILES string of the molecule is COc1ccc(-c2noc(CN(C)C(=O)COc3cccc(C)c3)n2)cc1OC. The number of likely N-dealkylation sites (N-methyl/N-ethyl adjacent to an activating group) is 1. The molecule has 1 amide bonds. The molecule has 3 rings (SSSR count). The predicted octanol–water partition coefficient (Wildman–Crippen LogP) is 3.10. The summed E-state index contributed by atoms with van der Waals surface area (Å²) in [6.07, 6.45) is 0. The van der Waals surface area contributed by atoms with Crippen LogP contribution in [0.5, 0.6) is 17.2 Å². The van der Waals surface area contributed by atoms with Gasteiger partial charge >= 0.3 is 0 Å². The largest absolute Gasteiger partial charge is 0.493 e. The molecule has 1 aromatic heterocycles. The lowest BCUT2D eigenvalue weighted by Crippen LogP contribution is -2.31. The molecule has 0 fully saturated rings. The van der Waals surface area contributed by atoms with Crippen LogP contribution in [-0.4, -0.2) is 48.8 Å². The zero-order valence-electron chi connectivity index (χ0n) is 16.8. The number of aromatic nitrogens is 2. The zero-order chi connectivity index (χ0) is 20.8. The van der Waals surface area contributed by atoms with Gasteiger partial charge in [-0.25, -0.2) is 0 Å². The van der Waals surface area contributed by atoms with E-state index in [2.05, 4.69) is 10.1 Å². The monoisotopic (exact) mass is 397 g/mol. The Kier molecular flexibility index (Phi) is 6.33. The third-order valence-electron chi connectivity index (χ3n) is 4.26. The summed E-state index contributed by atoms with van der Waals surface area (Å²) >= 11 is 0. The molecule has 8 nitrogen and oxygen atoms in total. The Labute approximate surface area is 169 Å². The van der Waals surface area contributed by atoms with Crippen LogP contribution in [0.2, 0.25) is 0 Å². The lowest BCUT2D eigenvalue weighted by atomic mass is 10.2. The van der Waals surface area contributed by atoms with E-state index in [4.69, 9.17) is 18.7 Å². The van der Waals surface area contributed by atoms with Crippen molar-refractivity contribution in [3.8, 4) is 28.6 Å². The number of benzene rings is 2. The van der Waals surface area contributed by atoms with E-state index in [0.717, 1.165) is 11.1 Å². The molecule has 0 N–H and O–H groups in total. The van der Waals surface area contributed by atoms with Crippen molar-refractivity contribution in [2.45, 2.75) is 13.5 Å². The molecule has 0 saturated carbocycles. The van der Waals surface area contributed by atoms with Crippen LogP contribution in [0.3, 0.4) is 0 Å². The van der Waals surface area contributed by atoms with Crippen LogP contribution in [0, 0.1) is 6.92 Å². The van der Waals surface area contributed by atoms with Gasteiger partial charge in [0.1, 0.15) is 5.75 Å². The standard InChI is InChI=1S/C21H23N3O5/c1-14-6-5-7-16(10-14)28-13-20(25)24(2)12-19-22-21(23-29-19)15-8-9-17(26-3)18(11-15)27-4/h5-11H,12-13H2,1-4H3. The van der Waals surface area contributed by atoms with Crippen molar-refractivity contribution < 1.29 is 23.5 Å². The Morgan fingerprint density at radius 2 is 1.90 bits per heavy atom. The number of carbonyl (C=O) groups excluding carboxylic acids is 1. The summed E-state index contributed by atoms with van der Waals surface area (Å²) in [5, 5.41) is 3.98. The number of carbonyl (C=O) groups is 1. The third kappa shape index (κ3) is 5.04. The first-order chi connectivity index (χ1) is 14.0. The Bertz CT molecular complexity index is 986. The maximum absolute atomic E-state index is 12.3.